The van der Waals surface area contributed by atoms with Crippen molar-refractivity contribution < 1.29 is 18.7 Å². The molecular weight excluding hydrogens is 498 g/mol. The number of H-pyrrole nitrogens is 1. The topological polar surface area (TPSA) is 98.2 Å². The Hall–Kier alpha value is -3.31. The molecule has 1 unspecified atom stereocenters. The Kier molecular flexibility index (Phi) is 9.24. The van der Waals surface area contributed by atoms with Crippen LogP contribution >= 0.6 is 11.8 Å². The number of tetrazole rings is 1. The van der Waals surface area contributed by atoms with Crippen molar-refractivity contribution in [3.63, 3.8) is 0 Å². The molecule has 1 fully saturated rings. The summed E-state index contributed by atoms with van der Waals surface area (Å²) in [5, 5.41) is 24.1. The number of aromatic nitrogens is 4. The highest BCUT2D eigenvalue weighted by Gasteiger charge is 2.40. The zero-order valence-electron chi connectivity index (χ0n) is 20.3. The van der Waals surface area contributed by atoms with E-state index in [0.29, 0.717) is 31.2 Å². The van der Waals surface area contributed by atoms with Gasteiger partial charge in [-0.25, -0.2) is 4.79 Å². The lowest BCUT2D eigenvalue weighted by molar-refractivity contribution is -0.0929. The van der Waals surface area contributed by atoms with Crippen molar-refractivity contribution in [2.75, 3.05) is 18.8 Å². The normalized spacial score (nSPS) is 17.2. The Morgan fingerprint density at radius 3 is 2.57 bits per heavy atom. The molecule has 2 amide bonds. The third-order valence-corrected chi connectivity index (χ3v) is 7.18. The lowest BCUT2D eigenvalue weighted by atomic mass is 10.0. The van der Waals surface area contributed by atoms with Crippen LogP contribution in [0.25, 0.3) is 0 Å². The predicted octanol–water partition coefficient (Wildman–Crippen LogP) is 4.23. The van der Waals surface area contributed by atoms with Crippen LogP contribution in [0.1, 0.15) is 29.8 Å². The molecule has 3 aromatic rings. The van der Waals surface area contributed by atoms with E-state index < -0.39 is 18.1 Å². The van der Waals surface area contributed by atoms with Crippen LogP contribution in [0, 0.1) is 0 Å². The molecule has 0 bridgehead atoms. The number of nitrogens with one attached hydrogen (secondary N) is 1. The van der Waals surface area contributed by atoms with E-state index in [-0.39, 0.29) is 11.6 Å². The van der Waals surface area contributed by atoms with Crippen LogP contribution in [0.2, 0.25) is 0 Å². The van der Waals surface area contributed by atoms with Crippen LogP contribution in [0.4, 0.5) is 13.6 Å². The van der Waals surface area contributed by atoms with Crippen LogP contribution < -0.4 is 0 Å². The van der Waals surface area contributed by atoms with Gasteiger partial charge in [0.1, 0.15) is 6.10 Å². The van der Waals surface area contributed by atoms with Crippen LogP contribution in [-0.4, -0.2) is 72.5 Å². The number of aliphatic hydroxyl groups is 1. The molecule has 11 heteroatoms. The van der Waals surface area contributed by atoms with Crippen LogP contribution in [0.3, 0.4) is 0 Å². The predicted molar refractivity (Wildman–Crippen MR) is 138 cm³/mol. The highest BCUT2D eigenvalue weighted by Crippen LogP contribution is 2.32. The number of carbonyl (C=O) groups excluding carboxylic acids is 1. The summed E-state index contributed by atoms with van der Waals surface area (Å²) in [6.45, 7) is 1.29. The van der Waals surface area contributed by atoms with E-state index in [9.17, 15) is 18.7 Å². The van der Waals surface area contributed by atoms with Crippen molar-refractivity contribution in [3.8, 4) is 0 Å². The summed E-state index contributed by atoms with van der Waals surface area (Å²) in [6.07, 6.45) is 2.28. The third-order valence-electron chi connectivity index (χ3n) is 6.14. The minimum Gasteiger partial charge on any atom is -0.382 e. The first kappa shape index (κ1) is 26.7. The van der Waals surface area contributed by atoms with Crippen molar-refractivity contribution in [2.24, 2.45) is 0 Å². The number of benzene rings is 2. The Balaban J connectivity index is 1.38. The summed E-state index contributed by atoms with van der Waals surface area (Å²) in [4.78, 5) is 16.7. The largest absolute Gasteiger partial charge is 0.382 e. The quantitative estimate of drug-likeness (QED) is 0.255. The number of aliphatic hydroxyl groups excluding tert-OH is 1. The SMILES string of the molecule is O=C1N(Cc2ccccc2)C[C@H](/C=C/C(O)C(F)(F)c2ccccc2)N1CCCCSCc1nn[nH]n1. The number of carbonyl (C=O) groups is 1. The zero-order valence-corrected chi connectivity index (χ0v) is 21.1. The lowest BCUT2D eigenvalue weighted by Crippen LogP contribution is -2.35. The Bertz CT molecular complexity index is 1130. The second-order valence-corrected chi connectivity index (χ2v) is 9.92. The van der Waals surface area contributed by atoms with E-state index >= 15 is 0 Å². The first-order valence-electron chi connectivity index (χ1n) is 12.1. The van der Waals surface area contributed by atoms with Gasteiger partial charge in [-0.1, -0.05) is 78.0 Å². The highest BCUT2D eigenvalue weighted by molar-refractivity contribution is 7.98. The van der Waals surface area contributed by atoms with E-state index in [0.717, 1.165) is 30.2 Å². The number of rotatable bonds is 13. The zero-order chi connectivity index (χ0) is 26.1. The summed E-state index contributed by atoms with van der Waals surface area (Å²) in [6, 6.07) is 16.4. The van der Waals surface area contributed by atoms with E-state index in [1.165, 1.54) is 30.3 Å². The number of hydrogen-bond acceptors (Lipinski definition) is 6. The molecule has 0 saturated carbocycles. The van der Waals surface area contributed by atoms with E-state index in [1.54, 1.807) is 27.6 Å². The van der Waals surface area contributed by atoms with E-state index in [1.807, 2.05) is 30.3 Å². The number of thioether (sulfide) groups is 1. The maximum absolute atomic E-state index is 14.8. The van der Waals surface area contributed by atoms with Gasteiger partial charge in [0, 0.05) is 25.2 Å². The van der Waals surface area contributed by atoms with Gasteiger partial charge in [0.2, 0.25) is 0 Å². The van der Waals surface area contributed by atoms with Crippen LogP contribution in [0.5, 0.6) is 0 Å². The standard InChI is InChI=1S/C26H30F2N6O2S/c27-26(28,21-11-5-2-6-12-21)23(35)14-13-22-18-33(17-20-9-3-1-4-10-20)25(36)34(22)15-7-8-16-37-19-24-29-31-32-30-24/h1-6,9-14,22-23,35H,7-8,15-19H2,(H,29,30,31,32)/b14-13+/t22-,23?/m0/s1. The summed E-state index contributed by atoms with van der Waals surface area (Å²) < 4.78 is 29.6. The van der Waals surface area contributed by atoms with Crippen LogP contribution in [0.15, 0.2) is 72.8 Å². The van der Waals surface area contributed by atoms with Gasteiger partial charge in [-0.15, -0.1) is 10.2 Å². The molecular formula is C26H30F2N6O2S. The number of amides is 2. The fourth-order valence-corrected chi connectivity index (χ4v) is 5.02. The number of halogens is 2. The van der Waals surface area contributed by atoms with Crippen molar-refractivity contribution in [1.82, 2.24) is 30.4 Å². The van der Waals surface area contributed by atoms with Gasteiger partial charge < -0.3 is 14.9 Å². The molecule has 1 aromatic heterocycles. The molecule has 2 aromatic carbocycles. The van der Waals surface area contributed by atoms with Gasteiger partial charge in [-0.05, 0) is 24.2 Å². The molecule has 0 radical (unpaired) electrons. The second kappa shape index (κ2) is 12.8. The molecule has 2 heterocycles. The first-order chi connectivity index (χ1) is 17.9. The van der Waals surface area contributed by atoms with Gasteiger partial charge >= 0.3 is 12.0 Å². The number of nitrogens with zero attached hydrogens (tertiary/aromatic N) is 5. The third kappa shape index (κ3) is 7.14. The Morgan fingerprint density at radius 1 is 1.14 bits per heavy atom. The van der Waals surface area contributed by atoms with Gasteiger partial charge in [0.15, 0.2) is 5.82 Å². The van der Waals surface area contributed by atoms with Crippen molar-refractivity contribution in [3.05, 3.63) is 89.8 Å². The van der Waals surface area contributed by atoms with Crippen molar-refractivity contribution in [2.45, 2.75) is 43.2 Å². The number of aromatic amines is 1. The van der Waals surface area contributed by atoms with Gasteiger partial charge in [0.05, 0.1) is 11.8 Å². The average molecular weight is 529 g/mol. The molecule has 0 aliphatic carbocycles. The Morgan fingerprint density at radius 2 is 1.86 bits per heavy atom. The summed E-state index contributed by atoms with van der Waals surface area (Å²) in [5.41, 5.74) is 0.740. The summed E-state index contributed by atoms with van der Waals surface area (Å²) in [7, 11) is 0. The van der Waals surface area contributed by atoms with E-state index in [2.05, 4.69) is 20.6 Å². The smallest absolute Gasteiger partial charge is 0.320 e. The molecule has 1 aliphatic heterocycles. The van der Waals surface area contributed by atoms with Gasteiger partial charge in [-0.3, -0.25) is 0 Å². The number of urea groups is 1. The molecule has 0 spiro atoms. The lowest BCUT2D eigenvalue weighted by Gasteiger charge is -2.23. The van der Waals surface area contributed by atoms with Gasteiger partial charge in [0.25, 0.3) is 0 Å². The fourth-order valence-electron chi connectivity index (χ4n) is 4.17. The Labute approximate surface area is 218 Å². The molecule has 1 saturated heterocycles. The highest BCUT2D eigenvalue weighted by atomic mass is 32.2. The maximum atomic E-state index is 14.8. The van der Waals surface area contributed by atoms with E-state index in [4.69, 9.17) is 0 Å². The molecule has 2 atom stereocenters. The summed E-state index contributed by atoms with van der Waals surface area (Å²) in [5.74, 6) is -1.27. The average Bonchev–Trinajstić information content (AvgIpc) is 3.54. The van der Waals surface area contributed by atoms with Crippen molar-refractivity contribution in [1.29, 1.82) is 0 Å². The molecule has 37 heavy (non-hydrogen) atoms. The van der Waals surface area contributed by atoms with Crippen LogP contribution in [-0.2, 0) is 18.2 Å². The second-order valence-electron chi connectivity index (χ2n) is 8.82. The number of unbranched alkanes of at least 4 members (excludes halogenated alkanes) is 1. The van der Waals surface area contributed by atoms with Gasteiger partial charge in [-0.2, -0.15) is 25.8 Å². The molecule has 8 nitrogen and oxygen atoms in total. The van der Waals surface area contributed by atoms with Crippen molar-refractivity contribution >= 4 is 17.8 Å². The minimum absolute atomic E-state index is 0.137. The molecule has 196 valence electrons. The maximum Gasteiger partial charge on any atom is 0.320 e. The monoisotopic (exact) mass is 528 g/mol. The molecule has 2 N–H and O–H groups in total. The number of alkyl halides is 2. The molecule has 1 aliphatic rings. The summed E-state index contributed by atoms with van der Waals surface area (Å²) >= 11 is 1.68. The minimum atomic E-state index is -3.44. The number of hydrogen-bond donors (Lipinski definition) is 2. The first-order valence-corrected chi connectivity index (χ1v) is 13.3. The fraction of sp³-hybridized carbons (Fsp3) is 0.385. The molecule has 4 rings (SSSR count).